The van der Waals surface area contributed by atoms with Crippen LogP contribution in [0.3, 0.4) is 0 Å². The molecule has 1 aliphatic heterocycles. The van der Waals surface area contributed by atoms with Gasteiger partial charge in [0.05, 0.1) is 22.7 Å². The number of ether oxygens (including phenoxy) is 2. The largest absolute Gasteiger partial charge is 0.485 e. The van der Waals surface area contributed by atoms with Crippen LogP contribution in [0.4, 0.5) is 29.3 Å². The molecular formula is C27H27F3N2O5S2. The summed E-state index contributed by atoms with van der Waals surface area (Å²) in [6.07, 6.45) is -6.06. The highest BCUT2D eigenvalue weighted by Gasteiger charge is 2.37. The van der Waals surface area contributed by atoms with E-state index in [1.54, 1.807) is 20.8 Å². The molecule has 0 radical (unpaired) electrons. The van der Waals surface area contributed by atoms with E-state index in [1.807, 2.05) is 30.3 Å². The third-order valence-corrected chi connectivity index (χ3v) is 8.38. The van der Waals surface area contributed by atoms with E-state index in [-0.39, 0.29) is 23.7 Å². The Bertz CT molecular complexity index is 1440. The fourth-order valence-electron chi connectivity index (χ4n) is 3.79. The van der Waals surface area contributed by atoms with Crippen molar-refractivity contribution in [2.75, 3.05) is 21.9 Å². The van der Waals surface area contributed by atoms with Gasteiger partial charge in [-0.3, -0.25) is 9.62 Å². The van der Waals surface area contributed by atoms with Gasteiger partial charge < -0.3 is 9.47 Å². The molecule has 0 saturated carbocycles. The van der Waals surface area contributed by atoms with E-state index in [4.69, 9.17) is 9.47 Å². The normalized spacial score (nSPS) is 15.7. The number of rotatable bonds is 6. The van der Waals surface area contributed by atoms with Crippen LogP contribution in [0.2, 0.25) is 0 Å². The molecule has 39 heavy (non-hydrogen) atoms. The van der Waals surface area contributed by atoms with Crippen molar-refractivity contribution in [3.05, 3.63) is 78.4 Å². The van der Waals surface area contributed by atoms with Crippen LogP contribution in [-0.2, 0) is 20.9 Å². The summed E-state index contributed by atoms with van der Waals surface area (Å²) < 4.78 is 80.0. The fraction of sp³-hybridized carbons (Fsp3) is 0.296. The number of nitrogens with one attached hydrogen (secondary N) is 1. The zero-order valence-corrected chi connectivity index (χ0v) is 23.0. The van der Waals surface area contributed by atoms with Gasteiger partial charge in [-0.1, -0.05) is 24.3 Å². The van der Waals surface area contributed by atoms with Crippen molar-refractivity contribution in [1.82, 2.24) is 0 Å². The number of fused-ring (bicyclic) bond motifs is 1. The lowest BCUT2D eigenvalue weighted by molar-refractivity contribution is -0.137. The van der Waals surface area contributed by atoms with Crippen LogP contribution in [-0.4, -0.2) is 38.5 Å². The van der Waals surface area contributed by atoms with E-state index in [2.05, 4.69) is 5.32 Å². The smallest absolute Gasteiger partial charge is 0.416 e. The van der Waals surface area contributed by atoms with Crippen LogP contribution >= 0.6 is 11.8 Å². The fourth-order valence-corrected chi connectivity index (χ4v) is 6.24. The van der Waals surface area contributed by atoms with Gasteiger partial charge in [0.1, 0.15) is 17.5 Å². The molecule has 208 valence electrons. The Balaban J connectivity index is 1.69. The van der Waals surface area contributed by atoms with Gasteiger partial charge in [0.2, 0.25) is 0 Å². The summed E-state index contributed by atoms with van der Waals surface area (Å²) in [4.78, 5) is 12.7. The minimum atomic E-state index is -4.71. The molecule has 0 unspecified atom stereocenters. The van der Waals surface area contributed by atoms with Crippen LogP contribution in [0, 0.1) is 0 Å². The Morgan fingerprint density at radius 3 is 2.44 bits per heavy atom. The lowest BCUT2D eigenvalue weighted by atomic mass is 10.2. The second-order valence-electron chi connectivity index (χ2n) is 9.74. The molecule has 0 aliphatic carbocycles. The lowest BCUT2D eigenvalue weighted by Crippen LogP contribution is -2.44. The average Bonchev–Trinajstić information content (AvgIpc) is 2.86. The Morgan fingerprint density at radius 1 is 1.05 bits per heavy atom. The first kappa shape index (κ1) is 28.6. The Labute approximate surface area is 229 Å². The minimum Gasteiger partial charge on any atom is -0.485 e. The standard InChI is InChI=1S/C27H27F3N2O5S2/c1-26(2,3)37-25(33)31-19-12-13-24-23(15-19)32(16-20(36-24)17-38-21-9-5-4-6-10-21)39(34,35)22-11-7-8-18(14-22)27(28,29)30/h4-15,20H,16-17H2,1-3H3,(H,31,33)/t20-/m1/s1. The Hall–Kier alpha value is -3.38. The second kappa shape index (κ2) is 11.0. The maximum atomic E-state index is 13.8. The third-order valence-electron chi connectivity index (χ3n) is 5.46. The summed E-state index contributed by atoms with van der Waals surface area (Å²) in [5, 5.41) is 2.56. The van der Waals surface area contributed by atoms with Crippen LogP contribution in [0.15, 0.2) is 82.6 Å². The molecule has 1 amide bonds. The topological polar surface area (TPSA) is 84.9 Å². The molecule has 0 spiro atoms. The number of nitrogens with zero attached hydrogens (tertiary/aromatic N) is 1. The van der Waals surface area contributed by atoms with Crippen molar-refractivity contribution < 1.29 is 35.9 Å². The van der Waals surface area contributed by atoms with E-state index in [9.17, 15) is 26.4 Å². The first-order valence-corrected chi connectivity index (χ1v) is 14.3. The Morgan fingerprint density at radius 2 is 1.77 bits per heavy atom. The molecular weight excluding hydrogens is 553 g/mol. The van der Waals surface area contributed by atoms with Gasteiger partial charge in [-0.15, -0.1) is 11.8 Å². The van der Waals surface area contributed by atoms with Crippen molar-refractivity contribution in [3.8, 4) is 5.75 Å². The quantitative estimate of drug-likeness (QED) is 0.323. The number of thioether (sulfide) groups is 1. The number of halogens is 3. The van der Waals surface area contributed by atoms with E-state index in [1.165, 1.54) is 30.0 Å². The Kier molecular flexibility index (Phi) is 8.08. The van der Waals surface area contributed by atoms with Crippen molar-refractivity contribution >= 4 is 39.3 Å². The first-order valence-electron chi connectivity index (χ1n) is 11.9. The van der Waals surface area contributed by atoms with Gasteiger partial charge in [0, 0.05) is 16.3 Å². The maximum absolute atomic E-state index is 13.8. The molecule has 4 rings (SSSR count). The molecule has 1 atom stereocenters. The minimum absolute atomic E-state index is 0.0851. The van der Waals surface area contributed by atoms with E-state index in [0.29, 0.717) is 11.8 Å². The lowest BCUT2D eigenvalue weighted by Gasteiger charge is -2.35. The predicted octanol–water partition coefficient (Wildman–Crippen LogP) is 6.80. The number of carbonyl (C=O) groups is 1. The van der Waals surface area contributed by atoms with Crippen molar-refractivity contribution in [2.45, 2.75) is 48.4 Å². The van der Waals surface area contributed by atoms with Gasteiger partial charge in [0.15, 0.2) is 0 Å². The van der Waals surface area contributed by atoms with Gasteiger partial charge in [0.25, 0.3) is 10.0 Å². The summed E-state index contributed by atoms with van der Waals surface area (Å²) in [6.45, 7) is 4.94. The zero-order chi connectivity index (χ0) is 28.4. The van der Waals surface area contributed by atoms with Gasteiger partial charge >= 0.3 is 12.3 Å². The van der Waals surface area contributed by atoms with Gasteiger partial charge in [-0.05, 0) is 69.3 Å². The molecule has 0 bridgehead atoms. The zero-order valence-electron chi connectivity index (χ0n) is 21.4. The van der Waals surface area contributed by atoms with Gasteiger partial charge in [-0.25, -0.2) is 13.2 Å². The molecule has 7 nitrogen and oxygen atoms in total. The molecule has 3 aromatic rings. The van der Waals surface area contributed by atoms with E-state index < -0.39 is 44.5 Å². The number of hydrogen-bond acceptors (Lipinski definition) is 6. The number of anilines is 2. The first-order chi connectivity index (χ1) is 18.2. The second-order valence-corrected chi connectivity index (χ2v) is 12.7. The average molecular weight is 581 g/mol. The number of alkyl halides is 3. The van der Waals surface area contributed by atoms with E-state index in [0.717, 1.165) is 27.4 Å². The highest BCUT2D eigenvalue weighted by atomic mass is 32.2. The molecule has 12 heteroatoms. The highest BCUT2D eigenvalue weighted by molar-refractivity contribution is 7.99. The summed E-state index contributed by atoms with van der Waals surface area (Å²) in [7, 11) is -4.45. The predicted molar refractivity (Wildman–Crippen MR) is 144 cm³/mol. The van der Waals surface area contributed by atoms with Crippen molar-refractivity contribution in [2.24, 2.45) is 0 Å². The maximum Gasteiger partial charge on any atom is 0.416 e. The number of carbonyl (C=O) groups excluding carboxylic acids is 1. The summed E-state index contributed by atoms with van der Waals surface area (Å²) >= 11 is 1.46. The molecule has 1 heterocycles. The molecule has 0 fully saturated rings. The number of benzene rings is 3. The molecule has 1 aliphatic rings. The van der Waals surface area contributed by atoms with Crippen LogP contribution in [0.1, 0.15) is 26.3 Å². The number of amides is 1. The SMILES string of the molecule is CC(C)(C)OC(=O)Nc1ccc2c(c1)N(S(=O)(=O)c1cccc(C(F)(F)F)c1)C[C@H](CSc1ccccc1)O2. The summed E-state index contributed by atoms with van der Waals surface area (Å²) in [5.41, 5.74) is -1.52. The van der Waals surface area contributed by atoms with Crippen LogP contribution in [0.5, 0.6) is 5.75 Å². The number of hydrogen-bond donors (Lipinski definition) is 1. The summed E-state index contributed by atoms with van der Waals surface area (Å²) in [5.74, 6) is 0.598. The van der Waals surface area contributed by atoms with Crippen LogP contribution < -0.4 is 14.4 Å². The van der Waals surface area contributed by atoms with Crippen LogP contribution in [0.25, 0.3) is 0 Å². The molecule has 0 aromatic heterocycles. The molecule has 0 saturated heterocycles. The van der Waals surface area contributed by atoms with E-state index >= 15 is 0 Å². The monoisotopic (exact) mass is 580 g/mol. The van der Waals surface area contributed by atoms with Crippen molar-refractivity contribution in [3.63, 3.8) is 0 Å². The third kappa shape index (κ3) is 7.18. The van der Waals surface area contributed by atoms with Gasteiger partial charge in [-0.2, -0.15) is 13.2 Å². The van der Waals surface area contributed by atoms with Crippen molar-refractivity contribution in [1.29, 1.82) is 0 Å². The summed E-state index contributed by atoms with van der Waals surface area (Å²) in [6, 6.07) is 17.5. The highest BCUT2D eigenvalue weighted by Crippen LogP contribution is 2.40. The number of sulfonamides is 1. The molecule has 3 aromatic carbocycles. The molecule has 1 N–H and O–H groups in total.